The topological polar surface area (TPSA) is 62.2 Å². The van der Waals surface area contributed by atoms with Crippen LogP contribution in [0.1, 0.15) is 31.2 Å². The molecule has 1 aliphatic rings. The van der Waals surface area contributed by atoms with E-state index in [-0.39, 0.29) is 12.0 Å². The van der Waals surface area contributed by atoms with Crippen molar-refractivity contribution in [2.75, 3.05) is 6.54 Å². The van der Waals surface area contributed by atoms with Gasteiger partial charge in [-0.3, -0.25) is 9.78 Å². The summed E-state index contributed by atoms with van der Waals surface area (Å²) < 4.78 is 0. The zero-order valence-corrected chi connectivity index (χ0v) is 10.5. The molecular formula is C14H20N2O2. The van der Waals surface area contributed by atoms with Gasteiger partial charge in [-0.15, -0.1) is 0 Å². The first-order valence-corrected chi connectivity index (χ1v) is 6.57. The molecule has 2 atom stereocenters. The van der Waals surface area contributed by atoms with Crippen molar-refractivity contribution in [2.45, 2.75) is 38.2 Å². The predicted octanol–water partition coefficient (Wildman–Crippen LogP) is 1.29. The molecule has 1 fully saturated rings. The van der Waals surface area contributed by atoms with E-state index < -0.39 is 0 Å². The van der Waals surface area contributed by atoms with Crippen LogP contribution >= 0.6 is 0 Å². The number of aromatic nitrogens is 1. The minimum atomic E-state index is -0.163. The van der Waals surface area contributed by atoms with Gasteiger partial charge in [0, 0.05) is 25.4 Å². The molecule has 0 saturated heterocycles. The number of hydrogen-bond donors (Lipinski definition) is 2. The summed E-state index contributed by atoms with van der Waals surface area (Å²) in [6.45, 7) is 0.701. The Morgan fingerprint density at radius 1 is 1.39 bits per heavy atom. The molecule has 2 rings (SSSR count). The summed E-state index contributed by atoms with van der Waals surface area (Å²) in [5.41, 5.74) is 1.14. The first-order chi connectivity index (χ1) is 8.74. The largest absolute Gasteiger partial charge is 0.393 e. The molecule has 2 unspecified atom stereocenters. The van der Waals surface area contributed by atoms with Crippen molar-refractivity contribution in [3.63, 3.8) is 0 Å². The molecule has 1 aromatic heterocycles. The van der Waals surface area contributed by atoms with Gasteiger partial charge in [0.2, 0.25) is 5.91 Å². The minimum Gasteiger partial charge on any atom is -0.393 e. The van der Waals surface area contributed by atoms with E-state index in [4.69, 9.17) is 0 Å². The van der Waals surface area contributed by atoms with Crippen molar-refractivity contribution >= 4 is 5.91 Å². The molecule has 0 aliphatic heterocycles. The fourth-order valence-electron chi connectivity index (χ4n) is 2.39. The van der Waals surface area contributed by atoms with Gasteiger partial charge in [-0.25, -0.2) is 0 Å². The summed E-state index contributed by atoms with van der Waals surface area (Å²) in [6.07, 6.45) is 7.30. The van der Waals surface area contributed by atoms with E-state index in [1.165, 1.54) is 0 Å². The lowest BCUT2D eigenvalue weighted by Gasteiger charge is -2.10. The van der Waals surface area contributed by atoms with Crippen molar-refractivity contribution in [1.29, 1.82) is 0 Å². The summed E-state index contributed by atoms with van der Waals surface area (Å²) in [4.78, 5) is 15.6. The molecule has 1 saturated carbocycles. The zero-order valence-electron chi connectivity index (χ0n) is 10.5. The highest BCUT2D eigenvalue weighted by molar-refractivity contribution is 5.76. The Hall–Kier alpha value is -1.42. The second-order valence-corrected chi connectivity index (χ2v) is 4.99. The molecule has 1 heterocycles. The molecule has 0 spiro atoms. The maximum Gasteiger partial charge on any atom is 0.220 e. The van der Waals surface area contributed by atoms with Gasteiger partial charge in [0.05, 0.1) is 6.10 Å². The van der Waals surface area contributed by atoms with Crippen molar-refractivity contribution < 1.29 is 9.90 Å². The highest BCUT2D eigenvalue weighted by Gasteiger charge is 2.22. The van der Waals surface area contributed by atoms with Crippen LogP contribution in [0, 0.1) is 5.92 Å². The molecule has 98 valence electrons. The number of rotatable bonds is 5. The van der Waals surface area contributed by atoms with Crippen molar-refractivity contribution in [3.05, 3.63) is 30.1 Å². The van der Waals surface area contributed by atoms with Crippen LogP contribution in [0.2, 0.25) is 0 Å². The quantitative estimate of drug-likeness (QED) is 0.825. The lowest BCUT2D eigenvalue weighted by molar-refractivity contribution is -0.121. The second-order valence-electron chi connectivity index (χ2n) is 4.99. The fourth-order valence-corrected chi connectivity index (χ4v) is 2.39. The van der Waals surface area contributed by atoms with Crippen molar-refractivity contribution in [3.8, 4) is 0 Å². The van der Waals surface area contributed by atoms with Gasteiger partial charge in [0.25, 0.3) is 0 Å². The number of aliphatic hydroxyl groups excluding tert-OH is 1. The molecule has 18 heavy (non-hydrogen) atoms. The van der Waals surface area contributed by atoms with Gasteiger partial charge in [0.1, 0.15) is 0 Å². The molecule has 0 aromatic carbocycles. The maximum absolute atomic E-state index is 11.7. The monoisotopic (exact) mass is 248 g/mol. The minimum absolute atomic E-state index is 0.0909. The molecule has 0 bridgehead atoms. The van der Waals surface area contributed by atoms with Gasteiger partial charge in [-0.05, 0) is 49.3 Å². The van der Waals surface area contributed by atoms with E-state index in [9.17, 15) is 9.90 Å². The molecule has 0 radical (unpaired) electrons. The third-order valence-electron chi connectivity index (χ3n) is 3.49. The number of aryl methyl sites for hydroxylation is 1. The Bertz CT molecular complexity index is 381. The summed E-state index contributed by atoms with van der Waals surface area (Å²) in [5.74, 6) is 0.540. The third kappa shape index (κ3) is 4.11. The van der Waals surface area contributed by atoms with Gasteiger partial charge >= 0.3 is 0 Å². The Kier molecular flexibility index (Phi) is 4.70. The van der Waals surface area contributed by atoms with E-state index in [1.54, 1.807) is 12.4 Å². The predicted molar refractivity (Wildman–Crippen MR) is 68.9 cm³/mol. The van der Waals surface area contributed by atoms with Crippen LogP contribution in [0.5, 0.6) is 0 Å². The molecule has 4 heteroatoms. The number of hydrogen-bond acceptors (Lipinski definition) is 3. The number of nitrogens with zero attached hydrogens (tertiary/aromatic N) is 1. The average Bonchev–Trinajstić information content (AvgIpc) is 2.81. The van der Waals surface area contributed by atoms with Crippen LogP contribution in [0.25, 0.3) is 0 Å². The number of aliphatic hydroxyl groups is 1. The highest BCUT2D eigenvalue weighted by atomic mass is 16.3. The third-order valence-corrected chi connectivity index (χ3v) is 3.49. The van der Waals surface area contributed by atoms with Crippen molar-refractivity contribution in [2.24, 2.45) is 5.92 Å². The normalized spacial score (nSPS) is 22.9. The first-order valence-electron chi connectivity index (χ1n) is 6.57. The van der Waals surface area contributed by atoms with Crippen LogP contribution in [0.4, 0.5) is 0 Å². The number of carbonyl (C=O) groups is 1. The molecule has 1 amide bonds. The van der Waals surface area contributed by atoms with Gasteiger partial charge < -0.3 is 10.4 Å². The summed E-state index contributed by atoms with van der Waals surface area (Å²) in [7, 11) is 0. The van der Waals surface area contributed by atoms with Crippen molar-refractivity contribution in [1.82, 2.24) is 10.3 Å². The number of nitrogens with one attached hydrogen (secondary N) is 1. The Balaban J connectivity index is 1.63. The second kappa shape index (κ2) is 6.50. The Morgan fingerprint density at radius 3 is 2.83 bits per heavy atom. The average molecular weight is 248 g/mol. The Morgan fingerprint density at radius 2 is 2.17 bits per heavy atom. The highest BCUT2D eigenvalue weighted by Crippen LogP contribution is 2.24. The maximum atomic E-state index is 11.7. The van der Waals surface area contributed by atoms with Gasteiger partial charge in [-0.2, -0.15) is 0 Å². The fraction of sp³-hybridized carbons (Fsp3) is 0.571. The van der Waals surface area contributed by atoms with E-state index in [0.717, 1.165) is 31.2 Å². The molecule has 1 aliphatic carbocycles. The smallest absolute Gasteiger partial charge is 0.220 e. The molecular weight excluding hydrogens is 228 g/mol. The number of pyridine rings is 1. The SMILES string of the molecule is O=C(CCc1ccncc1)NCC1CCC(O)C1. The lowest BCUT2D eigenvalue weighted by atomic mass is 10.1. The summed E-state index contributed by atoms with van der Waals surface area (Å²) in [6, 6.07) is 3.86. The summed E-state index contributed by atoms with van der Waals surface area (Å²) in [5, 5.41) is 12.3. The van der Waals surface area contributed by atoms with E-state index in [2.05, 4.69) is 10.3 Å². The van der Waals surface area contributed by atoms with Crippen LogP contribution in [-0.2, 0) is 11.2 Å². The summed E-state index contributed by atoms with van der Waals surface area (Å²) >= 11 is 0. The van der Waals surface area contributed by atoms with Crippen LogP contribution in [0.3, 0.4) is 0 Å². The van der Waals surface area contributed by atoms with E-state index in [0.29, 0.717) is 18.9 Å². The molecule has 4 nitrogen and oxygen atoms in total. The van der Waals surface area contributed by atoms with E-state index in [1.807, 2.05) is 12.1 Å². The lowest BCUT2D eigenvalue weighted by Crippen LogP contribution is -2.28. The van der Waals surface area contributed by atoms with Crippen LogP contribution in [-0.4, -0.2) is 28.6 Å². The molecule has 2 N–H and O–H groups in total. The van der Waals surface area contributed by atoms with Gasteiger partial charge in [-0.1, -0.05) is 0 Å². The number of amides is 1. The van der Waals surface area contributed by atoms with Crippen LogP contribution < -0.4 is 5.32 Å². The van der Waals surface area contributed by atoms with Gasteiger partial charge in [0.15, 0.2) is 0 Å². The standard InChI is InChI=1S/C14H20N2O2/c17-13-3-1-12(9-13)10-16-14(18)4-2-11-5-7-15-8-6-11/h5-8,12-13,17H,1-4,9-10H2,(H,16,18). The molecule has 1 aromatic rings. The first kappa shape index (κ1) is 13.0. The van der Waals surface area contributed by atoms with E-state index >= 15 is 0 Å². The Labute approximate surface area is 107 Å². The zero-order chi connectivity index (χ0) is 12.8. The van der Waals surface area contributed by atoms with Crippen LogP contribution in [0.15, 0.2) is 24.5 Å². The number of carbonyl (C=O) groups excluding carboxylic acids is 1.